The molecule has 0 saturated heterocycles. The maximum absolute atomic E-state index is 13.0. The summed E-state index contributed by atoms with van der Waals surface area (Å²) in [7, 11) is 3.30. The van der Waals surface area contributed by atoms with E-state index in [1.165, 1.54) is 30.4 Å². The fourth-order valence-electron chi connectivity index (χ4n) is 3.80. The van der Waals surface area contributed by atoms with Gasteiger partial charge < -0.3 is 10.1 Å². The summed E-state index contributed by atoms with van der Waals surface area (Å²) in [6, 6.07) is 8.16. The number of carbonyl (C=O) groups is 1. The zero-order chi connectivity index (χ0) is 20.0. The first kappa shape index (κ1) is 18.3. The molecule has 148 valence electrons. The minimum absolute atomic E-state index is 0.212. The number of anilines is 1. The van der Waals surface area contributed by atoms with E-state index in [-0.39, 0.29) is 5.91 Å². The van der Waals surface area contributed by atoms with Gasteiger partial charge in [0.2, 0.25) is 5.88 Å². The fraction of sp³-hybridized carbons (Fsp3) is 0.286. The van der Waals surface area contributed by atoms with Gasteiger partial charge in [-0.15, -0.1) is 27.8 Å². The second kappa shape index (κ2) is 7.27. The van der Waals surface area contributed by atoms with E-state index in [0.29, 0.717) is 11.4 Å². The molecular formula is C21H20N4O2S2. The summed E-state index contributed by atoms with van der Waals surface area (Å²) in [5, 5.41) is 9.16. The maximum Gasteiger partial charge on any atom is 0.263 e. The van der Waals surface area contributed by atoms with Crippen LogP contribution in [0, 0.1) is 0 Å². The largest absolute Gasteiger partial charge is 0.479 e. The summed E-state index contributed by atoms with van der Waals surface area (Å²) in [6.45, 7) is 0. The van der Waals surface area contributed by atoms with Crippen LogP contribution in [-0.4, -0.2) is 27.8 Å². The number of para-hydroxylation sites is 1. The summed E-state index contributed by atoms with van der Waals surface area (Å²) in [5.74, 6) is 0.115. The van der Waals surface area contributed by atoms with Crippen molar-refractivity contribution >= 4 is 43.8 Å². The molecule has 8 heteroatoms. The van der Waals surface area contributed by atoms with Gasteiger partial charge in [-0.1, -0.05) is 12.1 Å². The number of hydrogen-bond donors (Lipinski definition) is 1. The standard InChI is InChI=1S/C21H20N4O2S2/c1-25-11-13(19(24-25)27-2)18(26)23-21-17(12-7-3-5-9-15(12)28-21)20-22-14-8-4-6-10-16(14)29-20/h4,6,8,10-11H,3,5,7,9H2,1-2H3,(H,23,26). The number of aryl methyl sites for hydroxylation is 2. The highest BCUT2D eigenvalue weighted by atomic mass is 32.1. The van der Waals surface area contributed by atoms with Crippen molar-refractivity contribution in [1.82, 2.24) is 14.8 Å². The quantitative estimate of drug-likeness (QED) is 0.506. The van der Waals surface area contributed by atoms with Gasteiger partial charge in [0, 0.05) is 23.7 Å². The molecule has 0 saturated carbocycles. The molecular weight excluding hydrogens is 404 g/mol. The average molecular weight is 425 g/mol. The molecule has 0 radical (unpaired) electrons. The maximum atomic E-state index is 13.0. The molecule has 0 bridgehead atoms. The monoisotopic (exact) mass is 424 g/mol. The lowest BCUT2D eigenvalue weighted by atomic mass is 9.95. The number of methoxy groups -OCH3 is 1. The summed E-state index contributed by atoms with van der Waals surface area (Å²) in [5.41, 5.74) is 3.85. The lowest BCUT2D eigenvalue weighted by Gasteiger charge is -2.11. The second-order valence-corrected chi connectivity index (χ2v) is 9.22. The third kappa shape index (κ3) is 3.22. The van der Waals surface area contributed by atoms with E-state index in [9.17, 15) is 4.79 Å². The Balaban J connectivity index is 1.59. The Labute approximate surface area is 176 Å². The number of rotatable bonds is 4. The smallest absolute Gasteiger partial charge is 0.263 e. The average Bonchev–Trinajstić information content (AvgIpc) is 3.41. The number of fused-ring (bicyclic) bond motifs is 2. The molecule has 0 aliphatic heterocycles. The Kier molecular flexibility index (Phi) is 4.60. The number of nitrogens with one attached hydrogen (secondary N) is 1. The van der Waals surface area contributed by atoms with E-state index < -0.39 is 0 Å². The third-order valence-corrected chi connectivity index (χ3v) is 7.40. The molecule has 4 aromatic rings. The first-order valence-electron chi connectivity index (χ1n) is 9.53. The summed E-state index contributed by atoms with van der Waals surface area (Å²) in [6.07, 6.45) is 6.13. The first-order valence-corrected chi connectivity index (χ1v) is 11.2. The molecule has 5 rings (SSSR count). The van der Waals surface area contributed by atoms with Crippen molar-refractivity contribution in [1.29, 1.82) is 0 Å². The Morgan fingerprint density at radius 2 is 2.03 bits per heavy atom. The van der Waals surface area contributed by atoms with Crippen molar-refractivity contribution in [3.63, 3.8) is 0 Å². The number of thiazole rings is 1. The van der Waals surface area contributed by atoms with Gasteiger partial charge in [0.05, 0.1) is 17.3 Å². The summed E-state index contributed by atoms with van der Waals surface area (Å²) in [4.78, 5) is 19.3. The Morgan fingerprint density at radius 1 is 1.21 bits per heavy atom. The Hall–Kier alpha value is -2.71. The minimum atomic E-state index is -0.212. The third-order valence-electron chi connectivity index (χ3n) is 5.14. The van der Waals surface area contributed by atoms with Crippen molar-refractivity contribution in [2.75, 3.05) is 12.4 Å². The van der Waals surface area contributed by atoms with Crippen molar-refractivity contribution in [2.24, 2.45) is 7.05 Å². The van der Waals surface area contributed by atoms with Crippen LogP contribution in [0.4, 0.5) is 5.00 Å². The number of thiophene rings is 1. The molecule has 3 aromatic heterocycles. The van der Waals surface area contributed by atoms with Gasteiger partial charge in [-0.05, 0) is 43.4 Å². The summed E-state index contributed by atoms with van der Waals surface area (Å²) < 4.78 is 8.00. The number of benzene rings is 1. The van der Waals surface area contributed by atoms with Gasteiger partial charge in [-0.2, -0.15) is 0 Å². The normalized spacial score (nSPS) is 13.4. The number of nitrogens with zero attached hydrogens (tertiary/aromatic N) is 3. The highest BCUT2D eigenvalue weighted by molar-refractivity contribution is 7.23. The SMILES string of the molecule is COc1nn(C)cc1C(=O)Nc1sc2c(c1-c1nc3ccccc3s1)CCCC2. The van der Waals surface area contributed by atoms with Gasteiger partial charge >= 0.3 is 0 Å². The molecule has 1 aliphatic rings. The zero-order valence-corrected chi connectivity index (χ0v) is 17.8. The number of ether oxygens (including phenoxy) is 1. The molecule has 3 heterocycles. The Bertz CT molecular complexity index is 1190. The van der Waals surface area contributed by atoms with E-state index in [1.807, 2.05) is 18.2 Å². The van der Waals surface area contributed by atoms with Crippen molar-refractivity contribution in [3.8, 4) is 16.5 Å². The number of hydrogen-bond acceptors (Lipinski definition) is 6. The van der Waals surface area contributed by atoms with E-state index >= 15 is 0 Å². The summed E-state index contributed by atoms with van der Waals surface area (Å²) >= 11 is 3.36. The molecule has 29 heavy (non-hydrogen) atoms. The van der Waals surface area contributed by atoms with Crippen LogP contribution in [0.5, 0.6) is 5.88 Å². The zero-order valence-electron chi connectivity index (χ0n) is 16.2. The van der Waals surface area contributed by atoms with Crippen molar-refractivity contribution in [2.45, 2.75) is 25.7 Å². The van der Waals surface area contributed by atoms with Gasteiger partial charge in [-0.3, -0.25) is 9.48 Å². The van der Waals surface area contributed by atoms with Crippen LogP contribution in [0.25, 0.3) is 20.8 Å². The predicted octanol–water partition coefficient (Wildman–Crippen LogP) is 4.90. The number of aromatic nitrogens is 3. The van der Waals surface area contributed by atoms with Crippen LogP contribution in [-0.2, 0) is 19.9 Å². The van der Waals surface area contributed by atoms with Crippen LogP contribution < -0.4 is 10.1 Å². The molecule has 0 fully saturated rings. The highest BCUT2D eigenvalue weighted by Gasteiger charge is 2.26. The van der Waals surface area contributed by atoms with Crippen molar-refractivity contribution < 1.29 is 9.53 Å². The molecule has 0 spiro atoms. The molecule has 0 atom stereocenters. The Morgan fingerprint density at radius 3 is 2.86 bits per heavy atom. The van der Waals surface area contributed by atoms with Crippen LogP contribution in [0.15, 0.2) is 30.5 Å². The predicted molar refractivity (Wildman–Crippen MR) is 117 cm³/mol. The van der Waals surface area contributed by atoms with Gasteiger partial charge in [0.25, 0.3) is 5.91 Å². The molecule has 1 N–H and O–H groups in total. The first-order chi connectivity index (χ1) is 14.1. The lowest BCUT2D eigenvalue weighted by molar-refractivity contribution is 0.102. The fourth-order valence-corrected chi connectivity index (χ4v) is 6.20. The van der Waals surface area contributed by atoms with Crippen LogP contribution >= 0.6 is 22.7 Å². The van der Waals surface area contributed by atoms with Gasteiger partial charge in [0.15, 0.2) is 0 Å². The van der Waals surface area contributed by atoms with Gasteiger partial charge in [-0.25, -0.2) is 4.98 Å². The van der Waals surface area contributed by atoms with Crippen LogP contribution in [0.1, 0.15) is 33.6 Å². The molecule has 1 aliphatic carbocycles. The molecule has 1 amide bonds. The molecule has 6 nitrogen and oxygen atoms in total. The van der Waals surface area contributed by atoms with Crippen LogP contribution in [0.2, 0.25) is 0 Å². The molecule has 0 unspecified atom stereocenters. The topological polar surface area (TPSA) is 69.0 Å². The van der Waals surface area contributed by atoms with E-state index in [2.05, 4.69) is 16.5 Å². The minimum Gasteiger partial charge on any atom is -0.479 e. The number of carbonyl (C=O) groups excluding carboxylic acids is 1. The van der Waals surface area contributed by atoms with E-state index in [1.54, 1.807) is 40.6 Å². The van der Waals surface area contributed by atoms with Crippen LogP contribution in [0.3, 0.4) is 0 Å². The molecule has 1 aromatic carbocycles. The van der Waals surface area contributed by atoms with Crippen molar-refractivity contribution in [3.05, 3.63) is 46.5 Å². The number of amides is 1. The van der Waals surface area contributed by atoms with Gasteiger partial charge in [0.1, 0.15) is 15.6 Å². The van der Waals surface area contributed by atoms with E-state index in [4.69, 9.17) is 9.72 Å². The highest BCUT2D eigenvalue weighted by Crippen LogP contribution is 2.46. The van der Waals surface area contributed by atoms with E-state index in [0.717, 1.165) is 38.6 Å². The lowest BCUT2D eigenvalue weighted by Crippen LogP contribution is -2.12. The second-order valence-electron chi connectivity index (χ2n) is 7.08.